The average molecular weight is 341 g/mol. The third kappa shape index (κ3) is 3.88. The van der Waals surface area contributed by atoms with Crippen molar-refractivity contribution in [3.05, 3.63) is 54.1 Å². The predicted octanol–water partition coefficient (Wildman–Crippen LogP) is 3.53. The number of aromatic nitrogens is 2. The number of furan rings is 1. The molecule has 7 nitrogen and oxygen atoms in total. The molecule has 0 spiro atoms. The number of nitrogens with zero attached hydrogens (tertiary/aromatic N) is 3. The van der Waals surface area contributed by atoms with E-state index in [4.69, 9.17) is 13.6 Å². The number of rotatable bonds is 7. The maximum atomic E-state index is 12.1. The summed E-state index contributed by atoms with van der Waals surface area (Å²) in [6, 6.07) is 10.7. The fourth-order valence-electron chi connectivity index (χ4n) is 2.42. The predicted molar refractivity (Wildman–Crippen MR) is 91.1 cm³/mol. The Kier molecular flexibility index (Phi) is 5.13. The largest absolute Gasteiger partial charge is 0.459 e. The topological polar surface area (TPSA) is 81.6 Å². The number of hydrogen-bond donors (Lipinski definition) is 0. The zero-order chi connectivity index (χ0) is 17.6. The Morgan fingerprint density at radius 3 is 2.52 bits per heavy atom. The van der Waals surface area contributed by atoms with Crippen LogP contribution in [0.1, 0.15) is 30.1 Å². The smallest absolute Gasteiger partial charge is 0.338 e. The second-order valence-corrected chi connectivity index (χ2v) is 5.27. The van der Waals surface area contributed by atoms with Crippen molar-refractivity contribution in [2.45, 2.75) is 20.5 Å². The van der Waals surface area contributed by atoms with Crippen molar-refractivity contribution in [1.82, 2.24) is 10.2 Å². The van der Waals surface area contributed by atoms with Crippen LogP contribution in [0.4, 0.5) is 5.69 Å². The number of hydrogen-bond acceptors (Lipinski definition) is 7. The molecule has 3 aromatic rings. The molecule has 1 aromatic carbocycles. The molecule has 0 bridgehead atoms. The van der Waals surface area contributed by atoms with Gasteiger partial charge in [0.1, 0.15) is 0 Å². The van der Waals surface area contributed by atoms with Gasteiger partial charge in [0.15, 0.2) is 12.4 Å². The number of ether oxygens (including phenoxy) is 1. The van der Waals surface area contributed by atoms with E-state index in [1.807, 2.05) is 12.1 Å². The third-order valence-electron chi connectivity index (χ3n) is 3.76. The van der Waals surface area contributed by atoms with Gasteiger partial charge in [0, 0.05) is 18.8 Å². The van der Waals surface area contributed by atoms with E-state index in [0.29, 0.717) is 11.3 Å². The fourth-order valence-corrected chi connectivity index (χ4v) is 2.42. The molecule has 25 heavy (non-hydrogen) atoms. The first-order valence-electron chi connectivity index (χ1n) is 8.09. The van der Waals surface area contributed by atoms with E-state index in [9.17, 15) is 4.79 Å². The van der Waals surface area contributed by atoms with Crippen molar-refractivity contribution < 1.29 is 18.4 Å². The summed E-state index contributed by atoms with van der Waals surface area (Å²) < 4.78 is 15.8. The maximum absolute atomic E-state index is 12.1. The summed E-state index contributed by atoms with van der Waals surface area (Å²) in [6.45, 7) is 5.91. The van der Waals surface area contributed by atoms with E-state index in [1.54, 1.807) is 24.3 Å². The van der Waals surface area contributed by atoms with E-state index >= 15 is 0 Å². The summed E-state index contributed by atoms with van der Waals surface area (Å²) in [7, 11) is 0. The van der Waals surface area contributed by atoms with Gasteiger partial charge >= 0.3 is 5.97 Å². The molecular formula is C18H19N3O4. The molecule has 2 heterocycles. The van der Waals surface area contributed by atoms with Crippen molar-refractivity contribution in [3.63, 3.8) is 0 Å². The van der Waals surface area contributed by atoms with Crippen molar-refractivity contribution in [2.75, 3.05) is 18.0 Å². The second kappa shape index (κ2) is 7.65. The Morgan fingerprint density at radius 1 is 1.12 bits per heavy atom. The number of anilines is 1. The Balaban J connectivity index is 1.59. The molecule has 0 amide bonds. The lowest BCUT2D eigenvalue weighted by Gasteiger charge is -2.20. The average Bonchev–Trinajstić information content (AvgIpc) is 3.33. The molecule has 0 unspecified atom stereocenters. The Morgan fingerprint density at radius 2 is 1.88 bits per heavy atom. The van der Waals surface area contributed by atoms with Crippen molar-refractivity contribution >= 4 is 11.7 Å². The minimum atomic E-state index is -0.441. The molecule has 0 N–H and O–H groups in total. The van der Waals surface area contributed by atoms with Crippen molar-refractivity contribution in [2.24, 2.45) is 0 Å². The quantitative estimate of drug-likeness (QED) is 0.608. The van der Waals surface area contributed by atoms with Gasteiger partial charge in [-0.1, -0.05) is 0 Å². The van der Waals surface area contributed by atoms with E-state index in [0.717, 1.165) is 18.8 Å². The molecule has 0 aliphatic rings. The summed E-state index contributed by atoms with van der Waals surface area (Å²) in [5.74, 6) is 0.486. The Hall–Kier alpha value is -3.09. The summed E-state index contributed by atoms with van der Waals surface area (Å²) in [5, 5.41) is 7.69. The lowest BCUT2D eigenvalue weighted by Crippen LogP contribution is -2.21. The molecule has 0 saturated heterocycles. The normalized spacial score (nSPS) is 10.6. The van der Waals surface area contributed by atoms with Gasteiger partial charge in [0.05, 0.1) is 11.8 Å². The first-order chi connectivity index (χ1) is 12.2. The van der Waals surface area contributed by atoms with Crippen LogP contribution in [0.15, 0.2) is 51.5 Å². The third-order valence-corrected chi connectivity index (χ3v) is 3.76. The lowest BCUT2D eigenvalue weighted by atomic mass is 10.2. The summed E-state index contributed by atoms with van der Waals surface area (Å²) in [6.07, 6.45) is 1.51. The van der Waals surface area contributed by atoms with E-state index in [-0.39, 0.29) is 18.4 Å². The number of benzene rings is 1. The van der Waals surface area contributed by atoms with Gasteiger partial charge in [-0.25, -0.2) is 4.79 Å². The SMILES string of the molecule is CCN(CC)c1ccc(C(=O)OCc2nnc(-c3ccco3)o2)cc1. The maximum Gasteiger partial charge on any atom is 0.338 e. The first-order valence-corrected chi connectivity index (χ1v) is 8.09. The molecular weight excluding hydrogens is 322 g/mol. The highest BCUT2D eigenvalue weighted by atomic mass is 16.5. The molecule has 2 aromatic heterocycles. The number of carbonyl (C=O) groups excluding carboxylic acids is 1. The second-order valence-electron chi connectivity index (χ2n) is 5.27. The van der Waals surface area contributed by atoms with Gasteiger partial charge in [-0.3, -0.25) is 0 Å². The van der Waals surface area contributed by atoms with Gasteiger partial charge < -0.3 is 18.5 Å². The van der Waals surface area contributed by atoms with E-state index in [2.05, 4.69) is 28.9 Å². The molecule has 0 aliphatic heterocycles. The molecule has 130 valence electrons. The Bertz CT molecular complexity index is 805. The van der Waals surface area contributed by atoms with Crippen LogP contribution in [0.2, 0.25) is 0 Å². The van der Waals surface area contributed by atoms with Crippen LogP contribution in [-0.4, -0.2) is 29.3 Å². The highest BCUT2D eigenvalue weighted by Crippen LogP contribution is 2.19. The van der Waals surface area contributed by atoms with Gasteiger partial charge in [-0.15, -0.1) is 10.2 Å². The monoisotopic (exact) mass is 341 g/mol. The van der Waals surface area contributed by atoms with Crippen LogP contribution < -0.4 is 4.90 Å². The van der Waals surface area contributed by atoms with Crippen molar-refractivity contribution in [1.29, 1.82) is 0 Å². The zero-order valence-electron chi connectivity index (χ0n) is 14.1. The molecule has 0 atom stereocenters. The van der Waals surface area contributed by atoms with Crippen LogP contribution in [0.3, 0.4) is 0 Å². The summed E-state index contributed by atoms with van der Waals surface area (Å²) in [4.78, 5) is 14.3. The van der Waals surface area contributed by atoms with Crippen LogP contribution in [-0.2, 0) is 11.3 Å². The van der Waals surface area contributed by atoms with Crippen LogP contribution in [0, 0.1) is 0 Å². The number of esters is 1. The standard InChI is InChI=1S/C18H19N3O4/c1-3-21(4-2)14-9-7-13(8-10-14)18(22)24-12-16-19-20-17(25-16)15-6-5-11-23-15/h5-11H,3-4,12H2,1-2H3. The lowest BCUT2D eigenvalue weighted by molar-refractivity contribution is 0.0438. The first kappa shape index (κ1) is 16.8. The summed E-state index contributed by atoms with van der Waals surface area (Å²) >= 11 is 0. The zero-order valence-corrected chi connectivity index (χ0v) is 14.1. The highest BCUT2D eigenvalue weighted by molar-refractivity contribution is 5.89. The summed E-state index contributed by atoms with van der Waals surface area (Å²) in [5.41, 5.74) is 1.54. The molecule has 0 aliphatic carbocycles. The van der Waals surface area contributed by atoms with Gasteiger partial charge in [0.2, 0.25) is 0 Å². The minimum absolute atomic E-state index is 0.0929. The van der Waals surface area contributed by atoms with Gasteiger partial charge in [-0.2, -0.15) is 0 Å². The fraction of sp³-hybridized carbons (Fsp3) is 0.278. The molecule has 0 fully saturated rings. The van der Waals surface area contributed by atoms with Crippen LogP contribution in [0.25, 0.3) is 11.7 Å². The molecule has 0 radical (unpaired) electrons. The molecule has 7 heteroatoms. The van der Waals surface area contributed by atoms with Crippen LogP contribution in [0.5, 0.6) is 0 Å². The van der Waals surface area contributed by atoms with Gasteiger partial charge in [-0.05, 0) is 50.2 Å². The number of carbonyl (C=O) groups is 1. The molecule has 0 saturated carbocycles. The van der Waals surface area contributed by atoms with Crippen molar-refractivity contribution in [3.8, 4) is 11.7 Å². The van der Waals surface area contributed by atoms with E-state index in [1.165, 1.54) is 6.26 Å². The van der Waals surface area contributed by atoms with E-state index < -0.39 is 5.97 Å². The Labute approximate surface area is 145 Å². The highest BCUT2D eigenvalue weighted by Gasteiger charge is 2.14. The van der Waals surface area contributed by atoms with Crippen LogP contribution >= 0.6 is 0 Å². The molecule has 3 rings (SSSR count). The minimum Gasteiger partial charge on any atom is -0.459 e. The van der Waals surface area contributed by atoms with Gasteiger partial charge in [0.25, 0.3) is 11.8 Å².